The van der Waals surface area contributed by atoms with E-state index in [9.17, 15) is 14.7 Å². The lowest BCUT2D eigenvalue weighted by Gasteiger charge is -2.22. The van der Waals surface area contributed by atoms with Crippen molar-refractivity contribution < 1.29 is 19.4 Å². The number of carbonyl (C=O) groups is 2. The van der Waals surface area contributed by atoms with Crippen LogP contribution < -0.4 is 5.32 Å². The van der Waals surface area contributed by atoms with Crippen LogP contribution in [0.15, 0.2) is 22.7 Å². The van der Waals surface area contributed by atoms with Crippen molar-refractivity contribution in [1.82, 2.24) is 5.32 Å². The molecule has 0 saturated carbocycles. The van der Waals surface area contributed by atoms with Gasteiger partial charge in [-0.3, -0.25) is 0 Å². The molecule has 0 aliphatic rings. The maximum absolute atomic E-state index is 11.7. The number of alkyl carbamates (subject to hydrolysis) is 1. The number of aliphatic carboxylic acids is 1. The summed E-state index contributed by atoms with van der Waals surface area (Å²) in [5, 5.41) is 12.0. The zero-order valence-corrected chi connectivity index (χ0v) is 14.3. The van der Waals surface area contributed by atoms with E-state index in [1.54, 1.807) is 39.0 Å². The van der Waals surface area contributed by atoms with Gasteiger partial charge in [0.2, 0.25) is 0 Å². The summed E-state index contributed by atoms with van der Waals surface area (Å²) in [7, 11) is 0. The van der Waals surface area contributed by atoms with Crippen LogP contribution in [0.3, 0.4) is 0 Å². The third kappa shape index (κ3) is 6.35. The average Bonchev–Trinajstić information content (AvgIpc) is 2.30. The number of carbonyl (C=O) groups excluding carboxylic acids is 1. The monoisotopic (exact) mass is 377 g/mol. The molecule has 1 aromatic carbocycles. The number of hydrogen-bond acceptors (Lipinski definition) is 3. The molecule has 7 heteroatoms. The molecule has 0 saturated heterocycles. The van der Waals surface area contributed by atoms with Crippen LogP contribution >= 0.6 is 27.5 Å². The summed E-state index contributed by atoms with van der Waals surface area (Å²) in [4.78, 5) is 23.0. The molecule has 0 heterocycles. The van der Waals surface area contributed by atoms with Gasteiger partial charge in [0.25, 0.3) is 0 Å². The van der Waals surface area contributed by atoms with Crippen LogP contribution in [0.2, 0.25) is 5.02 Å². The van der Waals surface area contributed by atoms with E-state index in [2.05, 4.69) is 21.2 Å². The molecule has 1 unspecified atom stereocenters. The third-order valence-electron chi connectivity index (χ3n) is 2.42. The maximum Gasteiger partial charge on any atom is 0.408 e. The molecule has 0 bridgehead atoms. The molecule has 0 aliphatic carbocycles. The van der Waals surface area contributed by atoms with Gasteiger partial charge in [-0.15, -0.1) is 0 Å². The van der Waals surface area contributed by atoms with Crippen molar-refractivity contribution in [3.63, 3.8) is 0 Å². The Labute approximate surface area is 136 Å². The van der Waals surface area contributed by atoms with Crippen LogP contribution in [0.1, 0.15) is 26.3 Å². The number of benzene rings is 1. The third-order valence-corrected chi connectivity index (χ3v) is 3.28. The summed E-state index contributed by atoms with van der Waals surface area (Å²) in [6.07, 6.45) is -0.714. The van der Waals surface area contributed by atoms with E-state index < -0.39 is 23.7 Å². The molecule has 21 heavy (non-hydrogen) atoms. The summed E-state index contributed by atoms with van der Waals surface area (Å²) >= 11 is 9.33. The highest BCUT2D eigenvalue weighted by Crippen LogP contribution is 2.22. The second kappa shape index (κ2) is 7.13. The van der Waals surface area contributed by atoms with E-state index in [0.29, 0.717) is 10.6 Å². The zero-order valence-electron chi connectivity index (χ0n) is 11.9. The van der Waals surface area contributed by atoms with E-state index in [1.165, 1.54) is 0 Å². The predicted molar refractivity (Wildman–Crippen MR) is 83.6 cm³/mol. The molecule has 0 fully saturated rings. The van der Waals surface area contributed by atoms with Crippen molar-refractivity contribution >= 4 is 39.6 Å². The summed E-state index contributed by atoms with van der Waals surface area (Å²) in [5.74, 6) is -1.16. The molecule has 1 atom stereocenters. The Morgan fingerprint density at radius 3 is 2.57 bits per heavy atom. The quantitative estimate of drug-likeness (QED) is 0.839. The second-order valence-corrected chi connectivity index (χ2v) is 6.80. The van der Waals surface area contributed by atoms with Gasteiger partial charge in [0.05, 0.1) is 0 Å². The molecule has 2 N–H and O–H groups in total. The van der Waals surface area contributed by atoms with Crippen molar-refractivity contribution in [3.8, 4) is 0 Å². The smallest absolute Gasteiger partial charge is 0.408 e. The number of rotatable bonds is 4. The normalized spacial score (nSPS) is 12.6. The number of carboxylic acid groups (broad SMARTS) is 1. The van der Waals surface area contributed by atoms with Gasteiger partial charge in [0, 0.05) is 15.9 Å². The predicted octanol–water partition coefficient (Wildman–Crippen LogP) is 3.62. The van der Waals surface area contributed by atoms with E-state index in [1.807, 2.05) is 0 Å². The largest absolute Gasteiger partial charge is 0.480 e. The number of nitrogens with one attached hydrogen (secondary N) is 1. The first-order valence-electron chi connectivity index (χ1n) is 6.25. The van der Waals surface area contributed by atoms with E-state index in [-0.39, 0.29) is 6.42 Å². The average molecular weight is 379 g/mol. The Balaban J connectivity index is 2.81. The Morgan fingerprint density at radius 2 is 2.05 bits per heavy atom. The Hall–Kier alpha value is -1.27. The first-order chi connectivity index (χ1) is 9.58. The van der Waals surface area contributed by atoms with Crippen LogP contribution in [0.4, 0.5) is 4.79 Å². The van der Waals surface area contributed by atoms with Crippen molar-refractivity contribution in [3.05, 3.63) is 33.3 Å². The van der Waals surface area contributed by atoms with E-state index >= 15 is 0 Å². The van der Waals surface area contributed by atoms with Gasteiger partial charge in [-0.1, -0.05) is 27.5 Å². The molecule has 1 amide bonds. The fourth-order valence-electron chi connectivity index (χ4n) is 1.57. The van der Waals surface area contributed by atoms with Crippen LogP contribution in [-0.4, -0.2) is 28.8 Å². The van der Waals surface area contributed by atoms with Gasteiger partial charge in [0.15, 0.2) is 0 Å². The molecule has 0 spiro atoms. The van der Waals surface area contributed by atoms with Gasteiger partial charge in [-0.2, -0.15) is 0 Å². The topological polar surface area (TPSA) is 75.6 Å². The van der Waals surface area contributed by atoms with Crippen LogP contribution in [0.5, 0.6) is 0 Å². The number of hydrogen-bond donors (Lipinski definition) is 2. The number of ether oxygens (including phenoxy) is 1. The van der Waals surface area contributed by atoms with Crippen molar-refractivity contribution in [1.29, 1.82) is 0 Å². The summed E-state index contributed by atoms with van der Waals surface area (Å²) in [5.41, 5.74) is -0.0740. The molecular formula is C14H17BrClNO4. The molecule has 0 aliphatic heterocycles. The Morgan fingerprint density at radius 1 is 1.43 bits per heavy atom. The Bertz CT molecular complexity index is 542. The van der Waals surface area contributed by atoms with Crippen molar-refractivity contribution in [2.45, 2.75) is 38.8 Å². The number of amides is 1. The molecule has 0 aromatic heterocycles. The van der Waals surface area contributed by atoms with Gasteiger partial charge >= 0.3 is 12.1 Å². The van der Waals surface area contributed by atoms with Gasteiger partial charge in [-0.25, -0.2) is 9.59 Å². The maximum atomic E-state index is 11.7. The SMILES string of the molecule is CC(C)(C)OC(=O)NC(Cc1cc(Br)ccc1Cl)C(=O)O. The fourth-order valence-corrected chi connectivity index (χ4v) is 2.17. The standard InChI is InChI=1S/C14H17BrClNO4/c1-14(2,3)21-13(20)17-11(12(18)19)7-8-6-9(15)4-5-10(8)16/h4-6,11H,7H2,1-3H3,(H,17,20)(H,18,19). The highest BCUT2D eigenvalue weighted by molar-refractivity contribution is 9.10. The molecule has 1 aromatic rings. The molecule has 116 valence electrons. The van der Waals surface area contributed by atoms with Crippen LogP contribution in [0.25, 0.3) is 0 Å². The minimum atomic E-state index is -1.16. The van der Waals surface area contributed by atoms with Crippen molar-refractivity contribution in [2.75, 3.05) is 0 Å². The van der Waals surface area contributed by atoms with E-state index in [0.717, 1.165) is 4.47 Å². The summed E-state index contributed by atoms with van der Waals surface area (Å²) in [6.45, 7) is 5.11. The lowest BCUT2D eigenvalue weighted by atomic mass is 10.1. The van der Waals surface area contributed by atoms with Gasteiger partial charge < -0.3 is 15.2 Å². The number of halogens is 2. The minimum Gasteiger partial charge on any atom is -0.480 e. The second-order valence-electron chi connectivity index (χ2n) is 5.48. The number of carboxylic acids is 1. The molecule has 5 nitrogen and oxygen atoms in total. The highest BCUT2D eigenvalue weighted by atomic mass is 79.9. The molecule has 0 radical (unpaired) electrons. The van der Waals surface area contributed by atoms with Crippen LogP contribution in [-0.2, 0) is 16.0 Å². The van der Waals surface area contributed by atoms with Crippen molar-refractivity contribution in [2.24, 2.45) is 0 Å². The first kappa shape index (κ1) is 17.8. The Kier molecular flexibility index (Phi) is 6.04. The first-order valence-corrected chi connectivity index (χ1v) is 7.42. The highest BCUT2D eigenvalue weighted by Gasteiger charge is 2.24. The van der Waals surface area contributed by atoms with Crippen LogP contribution in [0, 0.1) is 0 Å². The zero-order chi connectivity index (χ0) is 16.2. The molecular weight excluding hydrogens is 362 g/mol. The van der Waals surface area contributed by atoms with Gasteiger partial charge in [-0.05, 0) is 44.5 Å². The van der Waals surface area contributed by atoms with Gasteiger partial charge in [0.1, 0.15) is 11.6 Å². The molecule has 1 rings (SSSR count). The summed E-state index contributed by atoms with van der Waals surface area (Å²) in [6, 6.07) is 4.01. The summed E-state index contributed by atoms with van der Waals surface area (Å²) < 4.78 is 5.84. The fraction of sp³-hybridized carbons (Fsp3) is 0.429. The minimum absolute atomic E-state index is 0.0624. The van der Waals surface area contributed by atoms with E-state index in [4.69, 9.17) is 16.3 Å². The lowest BCUT2D eigenvalue weighted by molar-refractivity contribution is -0.139. The lowest BCUT2D eigenvalue weighted by Crippen LogP contribution is -2.44.